The molecule has 0 radical (unpaired) electrons. The lowest BCUT2D eigenvalue weighted by molar-refractivity contribution is -0.114. The first kappa shape index (κ1) is 14.8. The average molecular weight is 310 g/mol. The largest absolute Gasteiger partial charge is 0.455 e. The summed E-state index contributed by atoms with van der Waals surface area (Å²) in [6.45, 7) is 3.25. The third-order valence-electron chi connectivity index (χ3n) is 3.24. The molecule has 0 fully saturated rings. The van der Waals surface area contributed by atoms with Gasteiger partial charge in [0.1, 0.15) is 17.0 Å². The Bertz CT molecular complexity index is 947. The Morgan fingerprint density at radius 1 is 1.26 bits per heavy atom. The van der Waals surface area contributed by atoms with E-state index in [0.29, 0.717) is 22.8 Å². The van der Waals surface area contributed by atoms with Crippen molar-refractivity contribution in [3.8, 4) is 11.5 Å². The van der Waals surface area contributed by atoms with Gasteiger partial charge in [-0.3, -0.25) is 9.78 Å². The molecular weight excluding hydrogens is 296 g/mol. The van der Waals surface area contributed by atoms with Gasteiger partial charge in [0.2, 0.25) is 5.91 Å². The highest BCUT2D eigenvalue weighted by Crippen LogP contribution is 2.30. The van der Waals surface area contributed by atoms with Crippen LogP contribution in [0.3, 0.4) is 0 Å². The third-order valence-corrected chi connectivity index (χ3v) is 3.24. The highest BCUT2D eigenvalue weighted by Gasteiger charge is 2.09. The summed E-state index contributed by atoms with van der Waals surface area (Å²) >= 11 is 0. The van der Waals surface area contributed by atoms with Gasteiger partial charge in [0, 0.05) is 36.7 Å². The van der Waals surface area contributed by atoms with Crippen molar-refractivity contribution in [3.63, 3.8) is 0 Å². The maximum absolute atomic E-state index is 11.5. The summed E-state index contributed by atoms with van der Waals surface area (Å²) in [4.78, 5) is 26.7. The smallest absolute Gasteiger partial charge is 0.336 e. The van der Waals surface area contributed by atoms with Gasteiger partial charge in [0.25, 0.3) is 0 Å². The van der Waals surface area contributed by atoms with Gasteiger partial charge >= 0.3 is 5.63 Å². The van der Waals surface area contributed by atoms with E-state index in [1.54, 1.807) is 24.4 Å². The molecule has 0 unspecified atom stereocenters. The van der Waals surface area contributed by atoms with Gasteiger partial charge in [-0.15, -0.1) is 0 Å². The van der Waals surface area contributed by atoms with Crippen LogP contribution in [0.4, 0.5) is 5.69 Å². The number of benzene rings is 1. The first-order chi connectivity index (χ1) is 11.0. The maximum atomic E-state index is 11.5. The lowest BCUT2D eigenvalue weighted by Gasteiger charge is -2.11. The SMILES string of the molecule is CC(=O)Nc1cnccc1Oc1ccc2c(C)cc(=O)oc2c1. The zero-order valence-corrected chi connectivity index (χ0v) is 12.6. The van der Waals surface area contributed by atoms with E-state index in [9.17, 15) is 9.59 Å². The van der Waals surface area contributed by atoms with Crippen LogP contribution in [0.5, 0.6) is 11.5 Å². The van der Waals surface area contributed by atoms with Gasteiger partial charge in [-0.1, -0.05) is 0 Å². The van der Waals surface area contributed by atoms with E-state index in [4.69, 9.17) is 9.15 Å². The molecule has 23 heavy (non-hydrogen) atoms. The minimum atomic E-state index is -0.407. The predicted octanol–water partition coefficient (Wildman–Crippen LogP) is 3.25. The second-order valence-corrected chi connectivity index (χ2v) is 5.06. The first-order valence-corrected chi connectivity index (χ1v) is 6.97. The molecule has 0 atom stereocenters. The molecule has 0 bridgehead atoms. The molecule has 1 N–H and O–H groups in total. The predicted molar refractivity (Wildman–Crippen MR) is 85.8 cm³/mol. The number of anilines is 1. The molecule has 0 saturated carbocycles. The molecule has 2 heterocycles. The summed E-state index contributed by atoms with van der Waals surface area (Å²) in [5.41, 5.74) is 1.34. The van der Waals surface area contributed by atoms with Crippen LogP contribution in [-0.4, -0.2) is 10.9 Å². The van der Waals surface area contributed by atoms with Crippen LogP contribution < -0.4 is 15.7 Å². The summed E-state index contributed by atoms with van der Waals surface area (Å²) in [7, 11) is 0. The second kappa shape index (κ2) is 5.92. The monoisotopic (exact) mass is 310 g/mol. The molecule has 0 aliphatic heterocycles. The van der Waals surface area contributed by atoms with Crippen molar-refractivity contribution in [1.29, 1.82) is 0 Å². The fraction of sp³-hybridized carbons (Fsp3) is 0.118. The number of carbonyl (C=O) groups excluding carboxylic acids is 1. The molecule has 1 aromatic carbocycles. The highest BCUT2D eigenvalue weighted by atomic mass is 16.5. The van der Waals surface area contributed by atoms with Crippen LogP contribution in [0, 0.1) is 6.92 Å². The minimum Gasteiger partial charge on any atom is -0.455 e. The van der Waals surface area contributed by atoms with Crippen molar-refractivity contribution in [2.24, 2.45) is 0 Å². The van der Waals surface area contributed by atoms with Crippen LogP contribution in [0.25, 0.3) is 11.0 Å². The van der Waals surface area contributed by atoms with E-state index < -0.39 is 5.63 Å². The average Bonchev–Trinajstić information content (AvgIpc) is 2.48. The Kier molecular flexibility index (Phi) is 3.80. The highest BCUT2D eigenvalue weighted by molar-refractivity contribution is 5.90. The number of fused-ring (bicyclic) bond motifs is 1. The van der Waals surface area contributed by atoms with Crippen LogP contribution in [0.2, 0.25) is 0 Å². The van der Waals surface area contributed by atoms with Crippen molar-refractivity contribution in [3.05, 3.63) is 58.7 Å². The Balaban J connectivity index is 1.99. The van der Waals surface area contributed by atoms with Crippen molar-refractivity contribution < 1.29 is 13.9 Å². The number of hydrogen-bond acceptors (Lipinski definition) is 5. The van der Waals surface area contributed by atoms with Crippen molar-refractivity contribution in [2.45, 2.75) is 13.8 Å². The number of amides is 1. The van der Waals surface area contributed by atoms with E-state index in [1.807, 2.05) is 13.0 Å². The van der Waals surface area contributed by atoms with Gasteiger partial charge in [-0.2, -0.15) is 0 Å². The molecule has 0 aliphatic carbocycles. The number of carbonyl (C=O) groups is 1. The molecule has 1 amide bonds. The van der Waals surface area contributed by atoms with Crippen LogP contribution in [0.15, 0.2) is 51.9 Å². The van der Waals surface area contributed by atoms with Crippen LogP contribution in [0.1, 0.15) is 12.5 Å². The number of hydrogen-bond donors (Lipinski definition) is 1. The number of aromatic nitrogens is 1. The lowest BCUT2D eigenvalue weighted by atomic mass is 10.1. The van der Waals surface area contributed by atoms with E-state index in [0.717, 1.165) is 10.9 Å². The van der Waals surface area contributed by atoms with Gasteiger partial charge in [-0.05, 0) is 24.6 Å². The van der Waals surface area contributed by atoms with Gasteiger partial charge in [0.05, 0.1) is 6.20 Å². The fourth-order valence-electron chi connectivity index (χ4n) is 2.25. The second-order valence-electron chi connectivity index (χ2n) is 5.06. The zero-order valence-electron chi connectivity index (χ0n) is 12.6. The van der Waals surface area contributed by atoms with E-state index >= 15 is 0 Å². The summed E-state index contributed by atoms with van der Waals surface area (Å²) < 4.78 is 11.0. The minimum absolute atomic E-state index is 0.219. The summed E-state index contributed by atoms with van der Waals surface area (Å²) in [6.07, 6.45) is 3.06. The maximum Gasteiger partial charge on any atom is 0.336 e. The number of nitrogens with one attached hydrogen (secondary N) is 1. The molecule has 6 nitrogen and oxygen atoms in total. The van der Waals surface area contributed by atoms with E-state index in [2.05, 4.69) is 10.3 Å². The zero-order chi connectivity index (χ0) is 16.4. The molecule has 3 aromatic rings. The fourth-order valence-corrected chi connectivity index (χ4v) is 2.25. The van der Waals surface area contributed by atoms with Crippen molar-refractivity contribution in [1.82, 2.24) is 4.98 Å². The molecular formula is C17H14N2O4. The molecule has 0 saturated heterocycles. The van der Waals surface area contributed by atoms with E-state index in [1.165, 1.54) is 19.2 Å². The Morgan fingerprint density at radius 3 is 2.87 bits per heavy atom. The topological polar surface area (TPSA) is 81.4 Å². The number of rotatable bonds is 3. The Hall–Kier alpha value is -3.15. The van der Waals surface area contributed by atoms with Gasteiger partial charge in [-0.25, -0.2) is 4.79 Å². The standard InChI is InChI=1S/C17H14N2O4/c1-10-7-17(21)23-16-8-12(3-4-13(10)16)22-15-5-6-18-9-14(15)19-11(2)20/h3-9H,1-2H3,(H,19,20). The molecule has 0 aliphatic rings. The molecule has 3 rings (SSSR count). The number of nitrogens with zero attached hydrogens (tertiary/aromatic N) is 1. The van der Waals surface area contributed by atoms with Gasteiger partial charge < -0.3 is 14.5 Å². The van der Waals surface area contributed by atoms with Crippen LogP contribution >= 0.6 is 0 Å². The molecule has 116 valence electrons. The molecule has 2 aromatic heterocycles. The Morgan fingerprint density at radius 2 is 2.09 bits per heavy atom. The molecule has 0 spiro atoms. The summed E-state index contributed by atoms with van der Waals surface area (Å²) in [5, 5.41) is 3.49. The third kappa shape index (κ3) is 3.21. The number of pyridine rings is 1. The number of ether oxygens (including phenoxy) is 1. The van der Waals surface area contributed by atoms with Crippen LogP contribution in [-0.2, 0) is 4.79 Å². The van der Waals surface area contributed by atoms with Crippen molar-refractivity contribution in [2.75, 3.05) is 5.32 Å². The number of aryl methyl sites for hydroxylation is 1. The first-order valence-electron chi connectivity index (χ1n) is 6.97. The van der Waals surface area contributed by atoms with Gasteiger partial charge in [0.15, 0.2) is 5.75 Å². The quantitative estimate of drug-likeness (QED) is 0.751. The molecule has 6 heteroatoms. The van der Waals surface area contributed by atoms with E-state index in [-0.39, 0.29) is 5.91 Å². The normalized spacial score (nSPS) is 10.5. The lowest BCUT2D eigenvalue weighted by Crippen LogP contribution is -2.07. The summed E-state index contributed by atoms with van der Waals surface area (Å²) in [5.74, 6) is 0.719. The van der Waals surface area contributed by atoms with Crippen molar-refractivity contribution >= 4 is 22.6 Å². The Labute approximate surface area is 131 Å². The summed E-state index contributed by atoms with van der Waals surface area (Å²) in [6, 6.07) is 8.32.